The molecule has 5 heteroatoms. The van der Waals surface area contributed by atoms with E-state index in [4.69, 9.17) is 4.74 Å². The van der Waals surface area contributed by atoms with Crippen molar-refractivity contribution >= 4 is 12.4 Å². The Morgan fingerprint density at radius 2 is 2.00 bits per heavy atom. The number of piperidine rings is 1. The third-order valence-corrected chi connectivity index (χ3v) is 3.16. The highest BCUT2D eigenvalue weighted by Crippen LogP contribution is 2.22. The third-order valence-electron chi connectivity index (χ3n) is 3.16. The highest BCUT2D eigenvalue weighted by Gasteiger charge is 2.24. The Balaban J connectivity index is 0.000000486. The molecule has 0 aromatic carbocycles. The standard InChI is InChI=1S/C11H21NO2.C5H10O2/c1-8(2)14-11(13)6-10-4-5-12-7-9(10)3;1-5(2,3)7-4-6/h8-10,12H,4-7H2,1-3H3;4H,1-3H3/t9?,10-;/m0./s1. The van der Waals surface area contributed by atoms with Crippen LogP contribution in [0.3, 0.4) is 0 Å². The summed E-state index contributed by atoms with van der Waals surface area (Å²) in [6.07, 6.45) is 1.69. The lowest BCUT2D eigenvalue weighted by Crippen LogP contribution is -2.36. The van der Waals surface area contributed by atoms with E-state index in [1.807, 2.05) is 34.6 Å². The maximum Gasteiger partial charge on any atom is 0.306 e. The van der Waals surface area contributed by atoms with Gasteiger partial charge in [0.25, 0.3) is 6.47 Å². The molecule has 0 saturated carbocycles. The minimum Gasteiger partial charge on any atom is -0.463 e. The van der Waals surface area contributed by atoms with Crippen LogP contribution in [0.1, 0.15) is 54.4 Å². The van der Waals surface area contributed by atoms with Gasteiger partial charge in [-0.05, 0) is 66.0 Å². The molecule has 1 fully saturated rings. The number of carbonyl (C=O) groups excluding carboxylic acids is 2. The monoisotopic (exact) mass is 301 g/mol. The van der Waals surface area contributed by atoms with Gasteiger partial charge in [-0.3, -0.25) is 9.59 Å². The molecule has 2 atom stereocenters. The molecule has 0 bridgehead atoms. The highest BCUT2D eigenvalue weighted by atomic mass is 16.5. The molecule has 1 unspecified atom stereocenters. The van der Waals surface area contributed by atoms with Gasteiger partial charge in [-0.15, -0.1) is 0 Å². The average Bonchev–Trinajstić information content (AvgIpc) is 2.30. The van der Waals surface area contributed by atoms with E-state index in [9.17, 15) is 9.59 Å². The van der Waals surface area contributed by atoms with Crippen molar-refractivity contribution in [2.45, 2.75) is 66.1 Å². The first-order valence-electron chi connectivity index (χ1n) is 7.67. The zero-order chi connectivity index (χ0) is 16.5. The lowest BCUT2D eigenvalue weighted by molar-refractivity contribution is -0.149. The van der Waals surface area contributed by atoms with Gasteiger partial charge in [0.1, 0.15) is 5.60 Å². The van der Waals surface area contributed by atoms with Crippen LogP contribution in [0.5, 0.6) is 0 Å². The molecule has 21 heavy (non-hydrogen) atoms. The fourth-order valence-corrected chi connectivity index (χ4v) is 2.04. The number of hydrogen-bond donors (Lipinski definition) is 1. The van der Waals surface area contributed by atoms with Crippen molar-refractivity contribution in [3.63, 3.8) is 0 Å². The summed E-state index contributed by atoms with van der Waals surface area (Å²) in [6.45, 7) is 14.0. The van der Waals surface area contributed by atoms with E-state index in [0.717, 1.165) is 19.5 Å². The van der Waals surface area contributed by atoms with Gasteiger partial charge < -0.3 is 14.8 Å². The second-order valence-corrected chi connectivity index (χ2v) is 6.80. The Bertz CT molecular complexity index is 310. The van der Waals surface area contributed by atoms with Crippen molar-refractivity contribution in [1.29, 1.82) is 0 Å². The number of ether oxygens (including phenoxy) is 2. The number of hydrogen-bond acceptors (Lipinski definition) is 5. The summed E-state index contributed by atoms with van der Waals surface area (Å²) in [4.78, 5) is 21.0. The maximum absolute atomic E-state index is 11.4. The Morgan fingerprint density at radius 3 is 2.38 bits per heavy atom. The summed E-state index contributed by atoms with van der Waals surface area (Å²) in [6, 6.07) is 0. The van der Waals surface area contributed by atoms with Crippen molar-refractivity contribution in [2.24, 2.45) is 11.8 Å². The van der Waals surface area contributed by atoms with Gasteiger partial charge in [0.15, 0.2) is 0 Å². The van der Waals surface area contributed by atoms with Gasteiger partial charge in [0.05, 0.1) is 6.10 Å². The molecule has 0 aliphatic carbocycles. The lowest BCUT2D eigenvalue weighted by Gasteiger charge is -2.28. The van der Waals surface area contributed by atoms with Crippen LogP contribution in [0, 0.1) is 11.8 Å². The number of rotatable bonds is 4. The topological polar surface area (TPSA) is 64.6 Å². The molecule has 1 heterocycles. The minimum atomic E-state index is -0.318. The first kappa shape index (κ1) is 19.9. The summed E-state index contributed by atoms with van der Waals surface area (Å²) in [5.74, 6) is 1.05. The molecule has 5 nitrogen and oxygen atoms in total. The zero-order valence-corrected chi connectivity index (χ0v) is 14.3. The molecular weight excluding hydrogens is 270 g/mol. The SMILES string of the molecule is CC(C)(C)OC=O.CC(C)OC(=O)C[C@@H]1CCNCC1C. The summed E-state index contributed by atoms with van der Waals surface area (Å²) in [7, 11) is 0. The van der Waals surface area contributed by atoms with E-state index in [2.05, 4.69) is 17.0 Å². The quantitative estimate of drug-likeness (QED) is 0.638. The van der Waals surface area contributed by atoms with Crippen LogP contribution in [0.2, 0.25) is 0 Å². The minimum absolute atomic E-state index is 0.0134. The van der Waals surface area contributed by atoms with Gasteiger partial charge in [-0.2, -0.15) is 0 Å². The fraction of sp³-hybridized carbons (Fsp3) is 0.875. The van der Waals surface area contributed by atoms with Crippen molar-refractivity contribution in [2.75, 3.05) is 13.1 Å². The van der Waals surface area contributed by atoms with Crippen LogP contribution in [0.25, 0.3) is 0 Å². The van der Waals surface area contributed by atoms with Crippen LogP contribution >= 0.6 is 0 Å². The van der Waals surface area contributed by atoms with Gasteiger partial charge >= 0.3 is 5.97 Å². The molecule has 1 saturated heterocycles. The molecule has 0 spiro atoms. The summed E-state index contributed by atoms with van der Waals surface area (Å²) >= 11 is 0. The summed E-state index contributed by atoms with van der Waals surface area (Å²) < 4.78 is 9.69. The fourth-order valence-electron chi connectivity index (χ4n) is 2.04. The molecule has 1 aliphatic heterocycles. The number of esters is 1. The van der Waals surface area contributed by atoms with E-state index in [-0.39, 0.29) is 17.7 Å². The lowest BCUT2D eigenvalue weighted by atomic mass is 9.85. The smallest absolute Gasteiger partial charge is 0.306 e. The van der Waals surface area contributed by atoms with Crippen molar-refractivity contribution in [3.05, 3.63) is 0 Å². The normalized spacial score (nSPS) is 22.0. The van der Waals surface area contributed by atoms with Crippen LogP contribution < -0.4 is 5.32 Å². The maximum atomic E-state index is 11.4. The zero-order valence-electron chi connectivity index (χ0n) is 14.3. The number of carbonyl (C=O) groups is 2. The molecule has 1 aliphatic rings. The van der Waals surface area contributed by atoms with Gasteiger partial charge in [-0.1, -0.05) is 6.92 Å². The Labute approximate surface area is 128 Å². The first-order chi connectivity index (χ1) is 9.65. The summed E-state index contributed by atoms with van der Waals surface area (Å²) in [5.41, 5.74) is -0.318. The van der Waals surface area contributed by atoms with E-state index in [0.29, 0.717) is 24.7 Å². The highest BCUT2D eigenvalue weighted by molar-refractivity contribution is 5.69. The Hall–Kier alpha value is -1.10. The van der Waals surface area contributed by atoms with E-state index in [1.165, 1.54) is 0 Å². The van der Waals surface area contributed by atoms with Crippen molar-refractivity contribution in [3.8, 4) is 0 Å². The van der Waals surface area contributed by atoms with Crippen LogP contribution in [-0.2, 0) is 19.1 Å². The molecule has 1 N–H and O–H groups in total. The Morgan fingerprint density at radius 1 is 1.38 bits per heavy atom. The predicted octanol–water partition coefficient (Wildman–Crippen LogP) is 2.53. The van der Waals surface area contributed by atoms with Crippen molar-refractivity contribution in [1.82, 2.24) is 5.32 Å². The second kappa shape index (κ2) is 9.77. The summed E-state index contributed by atoms with van der Waals surface area (Å²) in [5, 5.41) is 3.33. The van der Waals surface area contributed by atoms with Crippen LogP contribution in [0.15, 0.2) is 0 Å². The molecule has 0 amide bonds. The third kappa shape index (κ3) is 11.3. The second-order valence-electron chi connectivity index (χ2n) is 6.80. The van der Waals surface area contributed by atoms with E-state index < -0.39 is 0 Å². The molecule has 124 valence electrons. The predicted molar refractivity (Wildman–Crippen MR) is 82.9 cm³/mol. The molecule has 0 aromatic heterocycles. The number of nitrogens with one attached hydrogen (secondary N) is 1. The molecule has 1 rings (SSSR count). The van der Waals surface area contributed by atoms with Crippen LogP contribution in [0.4, 0.5) is 0 Å². The first-order valence-corrected chi connectivity index (χ1v) is 7.67. The average molecular weight is 301 g/mol. The van der Waals surface area contributed by atoms with Crippen molar-refractivity contribution < 1.29 is 19.1 Å². The van der Waals surface area contributed by atoms with Crippen LogP contribution in [-0.4, -0.2) is 37.2 Å². The van der Waals surface area contributed by atoms with E-state index in [1.54, 1.807) is 0 Å². The molecular formula is C16H31NO4. The van der Waals surface area contributed by atoms with Gasteiger partial charge in [0, 0.05) is 6.42 Å². The molecule has 0 aromatic rings. The largest absolute Gasteiger partial charge is 0.463 e. The van der Waals surface area contributed by atoms with Gasteiger partial charge in [0.2, 0.25) is 0 Å². The van der Waals surface area contributed by atoms with E-state index >= 15 is 0 Å². The molecule has 0 radical (unpaired) electrons. The Kier molecular flexibility index (Phi) is 9.26. The van der Waals surface area contributed by atoms with Gasteiger partial charge in [-0.25, -0.2) is 0 Å².